The lowest BCUT2D eigenvalue weighted by molar-refractivity contribution is 0.0691. The Labute approximate surface area is 188 Å². The molecule has 32 heavy (non-hydrogen) atoms. The number of nitrogens with one attached hydrogen (secondary N) is 1. The maximum absolute atomic E-state index is 13.2. The van der Waals surface area contributed by atoms with Gasteiger partial charge in [0.1, 0.15) is 16.4 Å². The van der Waals surface area contributed by atoms with Gasteiger partial charge in [0.2, 0.25) is 0 Å². The van der Waals surface area contributed by atoms with Gasteiger partial charge in [-0.3, -0.25) is 9.78 Å². The lowest BCUT2D eigenvalue weighted by atomic mass is 9.99. The summed E-state index contributed by atoms with van der Waals surface area (Å²) in [5, 5.41) is 13.2. The van der Waals surface area contributed by atoms with Crippen LogP contribution in [-0.2, 0) is 0 Å². The first-order chi connectivity index (χ1) is 15.3. The molecule has 0 bridgehead atoms. The van der Waals surface area contributed by atoms with E-state index in [1.165, 1.54) is 6.07 Å². The van der Waals surface area contributed by atoms with E-state index in [1.54, 1.807) is 37.4 Å². The minimum Gasteiger partial charge on any atom is -0.476 e. The van der Waals surface area contributed by atoms with Crippen molar-refractivity contribution in [3.05, 3.63) is 86.4 Å². The molecule has 7 nitrogen and oxygen atoms in total. The molecule has 4 aromatic rings. The van der Waals surface area contributed by atoms with Crippen LogP contribution in [0.2, 0.25) is 5.15 Å². The number of nitrogens with zero attached hydrogens (tertiary/aromatic N) is 2. The van der Waals surface area contributed by atoms with Crippen molar-refractivity contribution in [1.82, 2.24) is 9.97 Å². The zero-order valence-corrected chi connectivity index (χ0v) is 18.4. The second-order valence-electron chi connectivity index (χ2n) is 7.53. The highest BCUT2D eigenvalue weighted by atomic mass is 35.5. The van der Waals surface area contributed by atoms with E-state index in [0.717, 1.165) is 5.56 Å². The number of hydrogen-bond donors (Lipinski definition) is 2. The Bertz CT molecular complexity index is 1400. The van der Waals surface area contributed by atoms with Gasteiger partial charge in [0, 0.05) is 17.3 Å². The summed E-state index contributed by atoms with van der Waals surface area (Å²) >= 11 is 5.86. The van der Waals surface area contributed by atoms with Crippen LogP contribution >= 0.6 is 11.6 Å². The average Bonchev–Trinajstić information content (AvgIpc) is 2.77. The Morgan fingerprint density at radius 1 is 1.19 bits per heavy atom. The highest BCUT2D eigenvalue weighted by Crippen LogP contribution is 2.32. The number of pyridine rings is 2. The highest BCUT2D eigenvalue weighted by Gasteiger charge is 2.21. The minimum absolute atomic E-state index is 0.0862. The van der Waals surface area contributed by atoms with Gasteiger partial charge in [-0.2, -0.15) is 0 Å². The number of anilines is 1. The molecule has 4 rings (SSSR count). The van der Waals surface area contributed by atoms with E-state index in [9.17, 15) is 14.7 Å². The summed E-state index contributed by atoms with van der Waals surface area (Å²) in [6, 6.07) is 11.8. The number of carboxylic acids is 1. The molecule has 8 heteroatoms. The molecule has 0 saturated carbocycles. The van der Waals surface area contributed by atoms with Crippen LogP contribution < -0.4 is 10.7 Å². The van der Waals surface area contributed by atoms with Crippen LogP contribution in [-0.4, -0.2) is 21.0 Å². The van der Waals surface area contributed by atoms with Gasteiger partial charge in [-0.15, -0.1) is 0 Å². The molecule has 1 aromatic carbocycles. The van der Waals surface area contributed by atoms with Crippen molar-refractivity contribution >= 4 is 34.2 Å². The molecule has 1 unspecified atom stereocenters. The van der Waals surface area contributed by atoms with Gasteiger partial charge < -0.3 is 14.8 Å². The van der Waals surface area contributed by atoms with Crippen LogP contribution in [0.25, 0.3) is 22.4 Å². The first kappa shape index (κ1) is 21.5. The van der Waals surface area contributed by atoms with E-state index in [-0.39, 0.29) is 16.3 Å². The molecular weight excluding hydrogens is 430 g/mol. The number of aryl methyl sites for hydroxylation is 1. The van der Waals surface area contributed by atoms with Crippen molar-refractivity contribution < 1.29 is 14.3 Å². The van der Waals surface area contributed by atoms with Gasteiger partial charge in [0.15, 0.2) is 16.9 Å². The summed E-state index contributed by atoms with van der Waals surface area (Å²) < 4.78 is 6.25. The molecule has 0 spiro atoms. The smallest absolute Gasteiger partial charge is 0.356 e. The first-order valence-electron chi connectivity index (χ1n) is 9.92. The van der Waals surface area contributed by atoms with E-state index >= 15 is 0 Å². The van der Waals surface area contributed by atoms with Crippen LogP contribution in [0.15, 0.2) is 57.9 Å². The maximum Gasteiger partial charge on any atom is 0.356 e. The molecule has 0 aliphatic heterocycles. The summed E-state index contributed by atoms with van der Waals surface area (Å²) in [6.07, 6.45) is 1.64. The van der Waals surface area contributed by atoms with Gasteiger partial charge >= 0.3 is 5.97 Å². The van der Waals surface area contributed by atoms with Gasteiger partial charge in [0.05, 0.1) is 17.1 Å². The Hall–Kier alpha value is -3.71. The van der Waals surface area contributed by atoms with Gasteiger partial charge in [0.25, 0.3) is 0 Å². The van der Waals surface area contributed by atoms with Gasteiger partial charge in [-0.1, -0.05) is 23.7 Å². The number of fused-ring (bicyclic) bond motifs is 1. The monoisotopic (exact) mass is 449 g/mol. The highest BCUT2D eigenvalue weighted by molar-refractivity contribution is 6.29. The van der Waals surface area contributed by atoms with Crippen molar-refractivity contribution in [1.29, 1.82) is 0 Å². The van der Waals surface area contributed by atoms with Crippen molar-refractivity contribution in [2.75, 3.05) is 5.32 Å². The number of carbonyl (C=O) groups is 1. The third kappa shape index (κ3) is 3.94. The molecule has 2 N–H and O–H groups in total. The van der Waals surface area contributed by atoms with E-state index < -0.39 is 12.0 Å². The molecule has 0 aliphatic carbocycles. The fourth-order valence-electron chi connectivity index (χ4n) is 3.66. The molecule has 0 saturated heterocycles. The number of benzene rings is 1. The van der Waals surface area contributed by atoms with Crippen molar-refractivity contribution in [2.45, 2.75) is 26.8 Å². The van der Waals surface area contributed by atoms with E-state index in [2.05, 4.69) is 15.3 Å². The van der Waals surface area contributed by atoms with E-state index in [4.69, 9.17) is 16.0 Å². The van der Waals surface area contributed by atoms with Crippen molar-refractivity contribution in [3.8, 4) is 11.5 Å². The molecule has 3 aromatic heterocycles. The fraction of sp³-hybridized carbons (Fsp3) is 0.167. The summed E-state index contributed by atoms with van der Waals surface area (Å²) in [5.41, 5.74) is 3.03. The van der Waals surface area contributed by atoms with Crippen molar-refractivity contribution in [3.63, 3.8) is 0 Å². The Morgan fingerprint density at radius 3 is 2.66 bits per heavy atom. The van der Waals surface area contributed by atoms with Crippen LogP contribution in [0.3, 0.4) is 0 Å². The molecule has 3 heterocycles. The normalized spacial score (nSPS) is 12.0. The lowest BCUT2D eigenvalue weighted by Gasteiger charge is -2.19. The Balaban J connectivity index is 1.88. The largest absolute Gasteiger partial charge is 0.476 e. The molecule has 0 radical (unpaired) electrons. The Morgan fingerprint density at radius 2 is 1.97 bits per heavy atom. The summed E-state index contributed by atoms with van der Waals surface area (Å²) in [6.45, 7) is 5.47. The maximum atomic E-state index is 13.2. The summed E-state index contributed by atoms with van der Waals surface area (Å²) in [4.78, 5) is 33.0. The quantitative estimate of drug-likeness (QED) is 0.393. The van der Waals surface area contributed by atoms with Crippen LogP contribution in [0.1, 0.15) is 40.1 Å². The minimum atomic E-state index is -1.20. The predicted octanol–water partition coefficient (Wildman–Crippen LogP) is 5.39. The van der Waals surface area contributed by atoms with Crippen LogP contribution in [0.4, 0.5) is 5.69 Å². The third-order valence-electron chi connectivity index (χ3n) is 5.19. The van der Waals surface area contributed by atoms with Gasteiger partial charge in [-0.25, -0.2) is 9.78 Å². The van der Waals surface area contributed by atoms with Crippen molar-refractivity contribution in [2.24, 2.45) is 0 Å². The number of aromatic nitrogens is 2. The topological polar surface area (TPSA) is 105 Å². The molecule has 0 aliphatic rings. The zero-order valence-electron chi connectivity index (χ0n) is 17.6. The third-order valence-corrected chi connectivity index (χ3v) is 5.40. The van der Waals surface area contributed by atoms with Gasteiger partial charge in [-0.05, 0) is 56.7 Å². The Kier molecular flexibility index (Phi) is 5.67. The molecule has 0 fully saturated rings. The summed E-state index contributed by atoms with van der Waals surface area (Å²) in [5.74, 6) is -0.796. The molecule has 0 amide bonds. The second kappa shape index (κ2) is 8.43. The first-order valence-corrected chi connectivity index (χ1v) is 10.3. The number of aromatic carboxylic acids is 1. The zero-order chi connectivity index (χ0) is 23.0. The predicted molar refractivity (Wildman–Crippen MR) is 123 cm³/mol. The number of halogens is 1. The molecule has 1 atom stereocenters. The number of rotatable bonds is 5. The second-order valence-corrected chi connectivity index (χ2v) is 7.92. The lowest BCUT2D eigenvalue weighted by Crippen LogP contribution is -2.14. The number of carboxylic acid groups (broad SMARTS) is 1. The fourth-order valence-corrected chi connectivity index (χ4v) is 3.80. The average molecular weight is 450 g/mol. The van der Waals surface area contributed by atoms with Crippen LogP contribution in [0.5, 0.6) is 0 Å². The van der Waals surface area contributed by atoms with E-state index in [0.29, 0.717) is 39.2 Å². The molecular formula is C24H20ClN3O4. The van der Waals surface area contributed by atoms with E-state index in [1.807, 2.05) is 26.0 Å². The van der Waals surface area contributed by atoms with Crippen LogP contribution in [0, 0.1) is 13.8 Å². The summed E-state index contributed by atoms with van der Waals surface area (Å²) in [7, 11) is 0. The standard InChI is InChI=1S/C24H20ClN3O4/c1-12-10-15(14(3)27-17-7-8-19(25)28-20(17)24(30)31)23-16(11-12)21(29)13(2)22(32-23)18-6-4-5-9-26-18/h4-11,14,27H,1-3H3,(H,30,31). The molecule has 162 valence electrons. The SMILES string of the molecule is Cc1cc(C(C)Nc2ccc(Cl)nc2C(=O)O)c2oc(-c3ccccn3)c(C)c(=O)c2c1. The number of hydrogen-bond acceptors (Lipinski definition) is 6.